The molecule has 0 amide bonds. The van der Waals surface area contributed by atoms with Gasteiger partial charge in [-0.25, -0.2) is 4.98 Å². The number of fused-ring (bicyclic) bond motifs is 1. The molecule has 2 heterocycles. The molecule has 3 heteroatoms. The quantitative estimate of drug-likeness (QED) is 0.893. The Morgan fingerprint density at radius 2 is 2.20 bits per heavy atom. The predicted octanol–water partition coefficient (Wildman–Crippen LogP) is 3.55. The van der Waals surface area contributed by atoms with Crippen molar-refractivity contribution in [3.8, 4) is 0 Å². The Kier molecular flexibility index (Phi) is 3.79. The molecule has 1 atom stereocenters. The van der Waals surface area contributed by atoms with Gasteiger partial charge in [-0.3, -0.25) is 0 Å². The summed E-state index contributed by atoms with van der Waals surface area (Å²) in [6.45, 7) is 6.67. The molecule has 1 fully saturated rings. The third-order valence-corrected chi connectivity index (χ3v) is 4.66. The SMILES string of the molecule is CCCC1(c2nc3ccc(CC)cc3[nH]2)CCCNC1. The van der Waals surface area contributed by atoms with Gasteiger partial charge in [-0.2, -0.15) is 0 Å². The number of aromatic amines is 1. The van der Waals surface area contributed by atoms with Crippen molar-refractivity contribution in [1.29, 1.82) is 0 Å². The van der Waals surface area contributed by atoms with Crippen molar-refractivity contribution < 1.29 is 0 Å². The maximum atomic E-state index is 4.91. The summed E-state index contributed by atoms with van der Waals surface area (Å²) >= 11 is 0. The highest BCUT2D eigenvalue weighted by molar-refractivity contribution is 5.76. The molecule has 2 aromatic rings. The molecule has 2 N–H and O–H groups in total. The van der Waals surface area contributed by atoms with E-state index < -0.39 is 0 Å². The van der Waals surface area contributed by atoms with Crippen LogP contribution in [0.3, 0.4) is 0 Å². The Labute approximate surface area is 121 Å². The fourth-order valence-electron chi connectivity index (χ4n) is 3.51. The van der Waals surface area contributed by atoms with Crippen LogP contribution in [-0.4, -0.2) is 23.1 Å². The Hall–Kier alpha value is -1.35. The van der Waals surface area contributed by atoms with Crippen LogP contribution in [-0.2, 0) is 11.8 Å². The maximum absolute atomic E-state index is 4.91. The number of aryl methyl sites for hydroxylation is 1. The van der Waals surface area contributed by atoms with Crippen molar-refractivity contribution in [2.45, 2.75) is 51.4 Å². The van der Waals surface area contributed by atoms with Crippen LogP contribution in [0.5, 0.6) is 0 Å². The van der Waals surface area contributed by atoms with Crippen molar-refractivity contribution in [3.63, 3.8) is 0 Å². The van der Waals surface area contributed by atoms with Gasteiger partial charge in [0.2, 0.25) is 0 Å². The van der Waals surface area contributed by atoms with Crippen molar-refractivity contribution in [2.24, 2.45) is 0 Å². The van der Waals surface area contributed by atoms with Crippen LogP contribution < -0.4 is 5.32 Å². The highest BCUT2D eigenvalue weighted by Crippen LogP contribution is 2.35. The van der Waals surface area contributed by atoms with Crippen LogP contribution in [0.1, 0.15) is 50.9 Å². The number of benzene rings is 1. The molecule has 1 aliphatic rings. The van der Waals surface area contributed by atoms with Crippen LogP contribution in [0.4, 0.5) is 0 Å². The van der Waals surface area contributed by atoms with Crippen molar-refractivity contribution in [3.05, 3.63) is 29.6 Å². The van der Waals surface area contributed by atoms with Crippen molar-refractivity contribution in [2.75, 3.05) is 13.1 Å². The lowest BCUT2D eigenvalue weighted by Crippen LogP contribution is -2.44. The lowest BCUT2D eigenvalue weighted by Gasteiger charge is -2.36. The zero-order chi connectivity index (χ0) is 14.0. The summed E-state index contributed by atoms with van der Waals surface area (Å²) in [7, 11) is 0. The second kappa shape index (κ2) is 5.57. The number of hydrogen-bond donors (Lipinski definition) is 2. The van der Waals surface area contributed by atoms with Crippen molar-refractivity contribution >= 4 is 11.0 Å². The van der Waals surface area contributed by atoms with E-state index in [-0.39, 0.29) is 5.41 Å². The number of H-pyrrole nitrogens is 1. The minimum Gasteiger partial charge on any atom is -0.341 e. The number of nitrogens with zero attached hydrogens (tertiary/aromatic N) is 1. The molecule has 1 aliphatic heterocycles. The van der Waals surface area contributed by atoms with Gasteiger partial charge in [0, 0.05) is 12.0 Å². The van der Waals surface area contributed by atoms with Gasteiger partial charge in [0.15, 0.2) is 0 Å². The normalized spacial score (nSPS) is 23.3. The third-order valence-electron chi connectivity index (χ3n) is 4.66. The molecule has 0 radical (unpaired) electrons. The highest BCUT2D eigenvalue weighted by Gasteiger charge is 2.35. The number of nitrogens with one attached hydrogen (secondary N) is 2. The highest BCUT2D eigenvalue weighted by atomic mass is 15.0. The van der Waals surface area contributed by atoms with Crippen LogP contribution in [0.25, 0.3) is 11.0 Å². The van der Waals surface area contributed by atoms with E-state index in [0.29, 0.717) is 0 Å². The molecule has 108 valence electrons. The van der Waals surface area contributed by atoms with Gasteiger partial charge in [-0.05, 0) is 49.9 Å². The van der Waals surface area contributed by atoms with E-state index in [9.17, 15) is 0 Å². The summed E-state index contributed by atoms with van der Waals surface area (Å²) in [4.78, 5) is 8.52. The van der Waals surface area contributed by atoms with Gasteiger partial charge in [0.05, 0.1) is 11.0 Å². The number of rotatable bonds is 4. The molecule has 0 spiro atoms. The third kappa shape index (κ3) is 2.35. The van der Waals surface area contributed by atoms with Gasteiger partial charge in [-0.1, -0.05) is 26.3 Å². The lowest BCUT2D eigenvalue weighted by atomic mass is 9.76. The van der Waals surface area contributed by atoms with E-state index in [1.807, 2.05) is 0 Å². The van der Waals surface area contributed by atoms with E-state index in [4.69, 9.17) is 4.98 Å². The first-order chi connectivity index (χ1) is 9.77. The fourth-order valence-corrected chi connectivity index (χ4v) is 3.51. The molecule has 1 aromatic heterocycles. The topological polar surface area (TPSA) is 40.7 Å². The summed E-state index contributed by atoms with van der Waals surface area (Å²) in [5.74, 6) is 1.19. The summed E-state index contributed by atoms with van der Waals surface area (Å²) in [6.07, 6.45) is 5.98. The smallest absolute Gasteiger partial charge is 0.114 e. The summed E-state index contributed by atoms with van der Waals surface area (Å²) in [5.41, 5.74) is 3.89. The fraction of sp³-hybridized carbons (Fsp3) is 0.588. The van der Waals surface area contributed by atoms with Crippen LogP contribution in [0, 0.1) is 0 Å². The van der Waals surface area contributed by atoms with Gasteiger partial charge >= 0.3 is 0 Å². The van der Waals surface area contributed by atoms with E-state index in [2.05, 4.69) is 42.3 Å². The predicted molar refractivity (Wildman–Crippen MR) is 84.2 cm³/mol. The standard InChI is InChI=1S/C17H25N3/c1-3-8-17(9-5-10-18-12-17)16-19-14-7-6-13(4-2)11-15(14)20-16/h6-7,11,18H,3-5,8-10,12H2,1-2H3,(H,19,20). The molecule has 1 unspecified atom stereocenters. The number of imidazole rings is 1. The summed E-state index contributed by atoms with van der Waals surface area (Å²) < 4.78 is 0. The van der Waals surface area contributed by atoms with Gasteiger partial charge in [-0.15, -0.1) is 0 Å². The van der Waals surface area contributed by atoms with E-state index in [1.54, 1.807) is 0 Å². The first-order valence-electron chi connectivity index (χ1n) is 7.97. The summed E-state index contributed by atoms with van der Waals surface area (Å²) in [6, 6.07) is 6.60. The molecule has 0 bridgehead atoms. The summed E-state index contributed by atoms with van der Waals surface area (Å²) in [5, 5.41) is 3.57. The molecule has 3 nitrogen and oxygen atoms in total. The van der Waals surface area contributed by atoms with Crippen LogP contribution >= 0.6 is 0 Å². The molecular weight excluding hydrogens is 246 g/mol. The van der Waals surface area contributed by atoms with E-state index >= 15 is 0 Å². The zero-order valence-corrected chi connectivity index (χ0v) is 12.6. The Balaban J connectivity index is 2.02. The first-order valence-corrected chi connectivity index (χ1v) is 7.97. The Morgan fingerprint density at radius 3 is 2.90 bits per heavy atom. The van der Waals surface area contributed by atoms with Crippen LogP contribution in [0.2, 0.25) is 0 Å². The first kappa shape index (κ1) is 13.6. The monoisotopic (exact) mass is 271 g/mol. The van der Waals surface area contributed by atoms with Gasteiger partial charge in [0.25, 0.3) is 0 Å². The number of aromatic nitrogens is 2. The largest absolute Gasteiger partial charge is 0.341 e. The minimum absolute atomic E-state index is 0.207. The number of piperidine rings is 1. The van der Waals surface area contributed by atoms with E-state index in [1.165, 1.54) is 42.6 Å². The molecular formula is C17H25N3. The van der Waals surface area contributed by atoms with Gasteiger partial charge < -0.3 is 10.3 Å². The van der Waals surface area contributed by atoms with Crippen molar-refractivity contribution in [1.82, 2.24) is 15.3 Å². The maximum Gasteiger partial charge on any atom is 0.114 e. The van der Waals surface area contributed by atoms with Crippen LogP contribution in [0.15, 0.2) is 18.2 Å². The molecule has 3 rings (SSSR count). The lowest BCUT2D eigenvalue weighted by molar-refractivity contribution is 0.278. The number of hydrogen-bond acceptors (Lipinski definition) is 2. The zero-order valence-electron chi connectivity index (χ0n) is 12.6. The molecule has 20 heavy (non-hydrogen) atoms. The average molecular weight is 271 g/mol. The Morgan fingerprint density at radius 1 is 1.30 bits per heavy atom. The molecule has 0 aliphatic carbocycles. The molecule has 0 saturated carbocycles. The second-order valence-electron chi connectivity index (χ2n) is 6.10. The molecule has 1 saturated heterocycles. The van der Waals surface area contributed by atoms with E-state index in [0.717, 1.165) is 25.0 Å². The minimum atomic E-state index is 0.207. The van der Waals surface area contributed by atoms with Gasteiger partial charge in [0.1, 0.15) is 5.82 Å². The Bertz CT molecular complexity index is 573. The average Bonchev–Trinajstić information content (AvgIpc) is 2.92. The second-order valence-corrected chi connectivity index (χ2v) is 6.10. The molecule has 1 aromatic carbocycles.